The van der Waals surface area contributed by atoms with Crippen molar-refractivity contribution in [1.82, 2.24) is 25.2 Å². The lowest BCUT2D eigenvalue weighted by atomic mass is 9.99. The van der Waals surface area contributed by atoms with Gasteiger partial charge in [-0.25, -0.2) is 4.68 Å². The van der Waals surface area contributed by atoms with Crippen molar-refractivity contribution >= 4 is 5.91 Å². The molecule has 6 nitrogen and oxygen atoms in total. The molecule has 1 aliphatic heterocycles. The molecule has 3 rings (SSSR count). The Kier molecular flexibility index (Phi) is 4.53. The SMILES string of the molecule is CC1CCN(C(=O)Cn2cc(CNCC3CC3)nn2)CC1. The van der Waals surface area contributed by atoms with Crippen molar-refractivity contribution in [2.24, 2.45) is 11.8 Å². The Morgan fingerprint density at radius 2 is 2.10 bits per heavy atom. The minimum Gasteiger partial charge on any atom is -0.341 e. The van der Waals surface area contributed by atoms with E-state index in [9.17, 15) is 4.79 Å². The van der Waals surface area contributed by atoms with Crippen molar-refractivity contribution in [3.8, 4) is 0 Å². The van der Waals surface area contributed by atoms with Crippen LogP contribution in [0.3, 0.4) is 0 Å². The summed E-state index contributed by atoms with van der Waals surface area (Å²) in [6.07, 6.45) is 6.80. The number of hydrogen-bond donors (Lipinski definition) is 1. The normalized spacial score (nSPS) is 20.0. The molecule has 0 radical (unpaired) electrons. The monoisotopic (exact) mass is 291 g/mol. The number of aromatic nitrogens is 3. The smallest absolute Gasteiger partial charge is 0.244 e. The largest absolute Gasteiger partial charge is 0.341 e. The molecule has 2 aliphatic rings. The van der Waals surface area contributed by atoms with Gasteiger partial charge in [0.2, 0.25) is 5.91 Å². The van der Waals surface area contributed by atoms with Crippen LogP contribution < -0.4 is 5.32 Å². The van der Waals surface area contributed by atoms with Crippen molar-refractivity contribution in [1.29, 1.82) is 0 Å². The second-order valence-electron chi connectivity index (χ2n) is 6.55. The molecule has 1 saturated heterocycles. The molecule has 2 fully saturated rings. The summed E-state index contributed by atoms with van der Waals surface area (Å²) in [6, 6.07) is 0. The maximum Gasteiger partial charge on any atom is 0.244 e. The maximum absolute atomic E-state index is 12.2. The molecule has 116 valence electrons. The summed E-state index contributed by atoms with van der Waals surface area (Å²) in [7, 11) is 0. The summed E-state index contributed by atoms with van der Waals surface area (Å²) >= 11 is 0. The van der Waals surface area contributed by atoms with E-state index in [0.717, 1.165) is 56.6 Å². The quantitative estimate of drug-likeness (QED) is 0.850. The van der Waals surface area contributed by atoms with Crippen LogP contribution in [0.5, 0.6) is 0 Å². The molecule has 21 heavy (non-hydrogen) atoms. The van der Waals surface area contributed by atoms with Gasteiger partial charge in [-0.15, -0.1) is 5.10 Å². The number of amides is 1. The highest BCUT2D eigenvalue weighted by Crippen LogP contribution is 2.27. The van der Waals surface area contributed by atoms with Crippen LogP contribution in [0.2, 0.25) is 0 Å². The fourth-order valence-corrected chi connectivity index (χ4v) is 2.72. The first-order chi connectivity index (χ1) is 10.2. The molecule has 0 unspecified atom stereocenters. The lowest BCUT2D eigenvalue weighted by Crippen LogP contribution is -2.39. The first-order valence-corrected chi connectivity index (χ1v) is 8.08. The predicted octanol–water partition coefficient (Wildman–Crippen LogP) is 1.04. The van der Waals surface area contributed by atoms with Gasteiger partial charge < -0.3 is 10.2 Å². The number of carbonyl (C=O) groups is 1. The lowest BCUT2D eigenvalue weighted by molar-refractivity contribution is -0.133. The molecular weight excluding hydrogens is 266 g/mol. The number of carbonyl (C=O) groups excluding carboxylic acids is 1. The molecular formula is C15H25N5O. The molecule has 6 heteroatoms. The van der Waals surface area contributed by atoms with Gasteiger partial charge in [-0.1, -0.05) is 12.1 Å². The van der Waals surface area contributed by atoms with Crippen molar-refractivity contribution < 1.29 is 4.79 Å². The standard InChI is InChI=1S/C15H25N5O/c1-12-4-6-19(7-5-12)15(21)11-20-10-14(17-18-20)9-16-8-13-2-3-13/h10,12-13,16H,2-9,11H2,1H3. The van der Waals surface area contributed by atoms with Gasteiger partial charge in [0.05, 0.1) is 11.9 Å². The van der Waals surface area contributed by atoms with Gasteiger partial charge in [-0.2, -0.15) is 0 Å². The van der Waals surface area contributed by atoms with Crippen LogP contribution in [-0.4, -0.2) is 45.4 Å². The van der Waals surface area contributed by atoms with Gasteiger partial charge in [0.25, 0.3) is 0 Å². The van der Waals surface area contributed by atoms with E-state index in [4.69, 9.17) is 0 Å². The minimum absolute atomic E-state index is 0.157. The molecule has 0 aromatic carbocycles. The van der Waals surface area contributed by atoms with Crippen LogP contribution >= 0.6 is 0 Å². The number of hydrogen-bond acceptors (Lipinski definition) is 4. The second kappa shape index (κ2) is 6.56. The third-order valence-corrected chi connectivity index (χ3v) is 4.46. The summed E-state index contributed by atoms with van der Waals surface area (Å²) in [6.45, 7) is 6.13. The highest BCUT2D eigenvalue weighted by molar-refractivity contribution is 5.75. The Hall–Kier alpha value is -1.43. The zero-order valence-electron chi connectivity index (χ0n) is 12.8. The van der Waals surface area contributed by atoms with Gasteiger partial charge in [0.15, 0.2) is 0 Å². The summed E-state index contributed by atoms with van der Waals surface area (Å²) < 4.78 is 1.66. The Labute approximate surface area is 125 Å². The molecule has 1 aromatic heterocycles. The van der Waals surface area contributed by atoms with E-state index < -0.39 is 0 Å². The number of likely N-dealkylation sites (tertiary alicyclic amines) is 1. The van der Waals surface area contributed by atoms with E-state index >= 15 is 0 Å². The topological polar surface area (TPSA) is 63.1 Å². The van der Waals surface area contributed by atoms with Crippen molar-refractivity contribution in [3.63, 3.8) is 0 Å². The van der Waals surface area contributed by atoms with E-state index in [1.165, 1.54) is 12.8 Å². The lowest BCUT2D eigenvalue weighted by Gasteiger charge is -2.30. The first kappa shape index (κ1) is 14.5. The summed E-state index contributed by atoms with van der Waals surface area (Å²) in [4.78, 5) is 14.2. The van der Waals surface area contributed by atoms with Crippen molar-refractivity contribution in [3.05, 3.63) is 11.9 Å². The molecule has 1 saturated carbocycles. The molecule has 1 aromatic rings. The van der Waals surface area contributed by atoms with Crippen LogP contribution in [0.4, 0.5) is 0 Å². The van der Waals surface area contributed by atoms with E-state index in [1.54, 1.807) is 4.68 Å². The Bertz CT molecular complexity index is 474. The van der Waals surface area contributed by atoms with Gasteiger partial charge >= 0.3 is 0 Å². The molecule has 1 N–H and O–H groups in total. The Morgan fingerprint density at radius 3 is 2.81 bits per heavy atom. The van der Waals surface area contributed by atoms with Gasteiger partial charge in [0.1, 0.15) is 6.54 Å². The van der Waals surface area contributed by atoms with Crippen LogP contribution in [0.25, 0.3) is 0 Å². The maximum atomic E-state index is 12.2. The minimum atomic E-state index is 0.157. The first-order valence-electron chi connectivity index (χ1n) is 8.08. The van der Waals surface area contributed by atoms with E-state index in [1.807, 2.05) is 11.1 Å². The van der Waals surface area contributed by atoms with E-state index in [0.29, 0.717) is 6.54 Å². The zero-order chi connectivity index (χ0) is 14.7. The molecule has 0 atom stereocenters. The Morgan fingerprint density at radius 1 is 1.33 bits per heavy atom. The summed E-state index contributed by atoms with van der Waals surface area (Å²) in [5.41, 5.74) is 0.913. The number of nitrogens with zero attached hydrogens (tertiary/aromatic N) is 4. The highest BCUT2D eigenvalue weighted by Gasteiger charge is 2.21. The number of nitrogens with one attached hydrogen (secondary N) is 1. The summed E-state index contributed by atoms with van der Waals surface area (Å²) in [5, 5.41) is 11.6. The average molecular weight is 291 g/mol. The van der Waals surface area contributed by atoms with Crippen LogP contribution in [0, 0.1) is 11.8 Å². The van der Waals surface area contributed by atoms with Crippen LogP contribution in [0.1, 0.15) is 38.3 Å². The third kappa shape index (κ3) is 4.27. The van der Waals surface area contributed by atoms with Gasteiger partial charge in [-0.05, 0) is 44.1 Å². The van der Waals surface area contributed by atoms with Crippen molar-refractivity contribution in [2.45, 2.75) is 45.7 Å². The fourth-order valence-electron chi connectivity index (χ4n) is 2.72. The molecule has 1 aliphatic carbocycles. The average Bonchev–Trinajstić information content (AvgIpc) is 3.19. The van der Waals surface area contributed by atoms with Crippen LogP contribution in [-0.2, 0) is 17.9 Å². The summed E-state index contributed by atoms with van der Waals surface area (Å²) in [5.74, 6) is 1.76. The van der Waals surface area contributed by atoms with E-state index in [2.05, 4.69) is 22.6 Å². The zero-order valence-corrected chi connectivity index (χ0v) is 12.8. The van der Waals surface area contributed by atoms with Crippen LogP contribution in [0.15, 0.2) is 6.20 Å². The molecule has 0 bridgehead atoms. The molecule has 1 amide bonds. The number of piperidine rings is 1. The second-order valence-corrected chi connectivity index (χ2v) is 6.55. The van der Waals surface area contributed by atoms with Gasteiger partial charge in [0, 0.05) is 19.6 Å². The number of rotatable bonds is 6. The highest BCUT2D eigenvalue weighted by atomic mass is 16.2. The van der Waals surface area contributed by atoms with Gasteiger partial charge in [-0.3, -0.25) is 4.79 Å². The molecule has 2 heterocycles. The molecule has 0 spiro atoms. The predicted molar refractivity (Wildman–Crippen MR) is 79.4 cm³/mol. The third-order valence-electron chi connectivity index (χ3n) is 4.46. The Balaban J connectivity index is 1.43. The van der Waals surface area contributed by atoms with E-state index in [-0.39, 0.29) is 5.91 Å². The fraction of sp³-hybridized carbons (Fsp3) is 0.800. The van der Waals surface area contributed by atoms with Crippen molar-refractivity contribution in [2.75, 3.05) is 19.6 Å².